The number of esters is 1. The molecule has 4 aliphatic heterocycles. The van der Waals surface area contributed by atoms with Gasteiger partial charge in [0.2, 0.25) is 17.7 Å². The van der Waals surface area contributed by atoms with Crippen LogP contribution in [-0.4, -0.2) is 88.1 Å². The minimum atomic E-state index is -1.42. The van der Waals surface area contributed by atoms with Gasteiger partial charge in [-0.15, -0.1) is 0 Å². The first-order valence-corrected chi connectivity index (χ1v) is 17.0. The van der Waals surface area contributed by atoms with Crippen molar-refractivity contribution < 1.29 is 33.8 Å². The van der Waals surface area contributed by atoms with Gasteiger partial charge < -0.3 is 29.7 Å². The lowest BCUT2D eigenvalue weighted by molar-refractivity contribution is -0.161. The maximum atomic E-state index is 14.8. The molecule has 2 saturated heterocycles. The molecule has 1 aliphatic carbocycles. The topological polar surface area (TPSA) is 125 Å². The lowest BCUT2D eigenvalue weighted by atomic mass is 9.77. The third-order valence-corrected chi connectivity index (χ3v) is 10.4. The van der Waals surface area contributed by atoms with Crippen LogP contribution in [0.1, 0.15) is 76.9 Å². The third kappa shape index (κ3) is 6.01. The molecule has 0 bridgehead atoms. The van der Waals surface area contributed by atoms with E-state index in [4.69, 9.17) is 9.47 Å². The molecule has 248 valence electrons. The van der Waals surface area contributed by atoms with Gasteiger partial charge in [0.05, 0.1) is 31.2 Å². The quantitative estimate of drug-likeness (QED) is 0.363. The Hall–Kier alpha value is -3.50. The van der Waals surface area contributed by atoms with E-state index < -0.39 is 47.7 Å². The van der Waals surface area contributed by atoms with Crippen LogP contribution in [0.3, 0.4) is 0 Å². The van der Waals surface area contributed by atoms with Crippen LogP contribution in [0, 0.1) is 17.8 Å². The van der Waals surface area contributed by atoms with Crippen molar-refractivity contribution in [1.29, 1.82) is 0 Å². The van der Waals surface area contributed by atoms with Gasteiger partial charge in [-0.25, -0.2) is 0 Å². The third-order valence-electron chi connectivity index (χ3n) is 10.4. The van der Waals surface area contributed by atoms with Gasteiger partial charge in [-0.1, -0.05) is 87.7 Å². The van der Waals surface area contributed by atoms with E-state index in [0.29, 0.717) is 19.4 Å². The molecule has 1 saturated carbocycles. The number of likely N-dealkylation sites (tertiary alicyclic amines) is 1. The van der Waals surface area contributed by atoms with Gasteiger partial charge in [-0.05, 0) is 37.2 Å². The standard InChI is InChI=1S/C36H47N3O7/c1-23(2)20-26(22-40)39-32-34(43)38(25-14-7-4-8-15-25)19-11-18-36(32)31(33(39)42)30-27(46-36)16-9-10-17-29(41)37-21-28(45-35(30)44)24-12-5-3-6-13-24/h3,5-6,9,11-13,16,18,23,25-28,30-32,40H,4,7-8,10,14-15,17,19-22H2,1-2H3,(H,37,41)/b16-9-/t26-,27-,28+,30+,31+,32-,36+/m1/s1. The molecule has 1 aromatic rings. The van der Waals surface area contributed by atoms with Crippen LogP contribution >= 0.6 is 0 Å². The molecule has 1 spiro atoms. The molecule has 5 aliphatic rings. The van der Waals surface area contributed by atoms with Crippen molar-refractivity contribution in [2.45, 2.75) is 101 Å². The summed E-state index contributed by atoms with van der Waals surface area (Å²) in [5.74, 6) is -3.25. The molecule has 1 aromatic carbocycles. The fourth-order valence-electron chi connectivity index (χ4n) is 8.30. The SMILES string of the molecule is CC(C)C[C@H](CO)N1C(=O)[C@@H]2[C@H]3C(=O)O[C@H](c4ccccc4)CNC(=O)CC/C=C\[C@H]3O[C@@]23C=CCN(C2CCCCC2)C(=O)[C@@H]13. The lowest BCUT2D eigenvalue weighted by Gasteiger charge is -2.41. The predicted molar refractivity (Wildman–Crippen MR) is 170 cm³/mol. The Balaban J connectivity index is 1.43. The maximum Gasteiger partial charge on any atom is 0.313 e. The number of allylic oxidation sites excluding steroid dienone is 1. The summed E-state index contributed by atoms with van der Waals surface area (Å²) in [5.41, 5.74) is -0.701. The summed E-state index contributed by atoms with van der Waals surface area (Å²) in [6.45, 7) is 4.22. The van der Waals surface area contributed by atoms with Gasteiger partial charge in [-0.3, -0.25) is 19.2 Å². The Morgan fingerprint density at radius 2 is 1.78 bits per heavy atom. The van der Waals surface area contributed by atoms with Crippen LogP contribution in [0.25, 0.3) is 0 Å². The molecule has 4 heterocycles. The molecule has 6 rings (SSSR count). The summed E-state index contributed by atoms with van der Waals surface area (Å²) in [5, 5.41) is 13.5. The van der Waals surface area contributed by atoms with E-state index in [9.17, 15) is 24.3 Å². The van der Waals surface area contributed by atoms with Crippen LogP contribution in [0.4, 0.5) is 0 Å². The Morgan fingerprint density at radius 3 is 2.50 bits per heavy atom. The summed E-state index contributed by atoms with van der Waals surface area (Å²) in [6, 6.07) is 7.63. The molecule has 46 heavy (non-hydrogen) atoms. The van der Waals surface area contributed by atoms with E-state index in [0.717, 1.165) is 37.7 Å². The van der Waals surface area contributed by atoms with E-state index in [2.05, 4.69) is 5.32 Å². The number of aliphatic hydroxyl groups excluding tert-OH is 1. The largest absolute Gasteiger partial charge is 0.455 e. The number of hydrogen-bond donors (Lipinski definition) is 2. The van der Waals surface area contributed by atoms with E-state index in [1.807, 2.05) is 67.3 Å². The van der Waals surface area contributed by atoms with Crippen molar-refractivity contribution in [2.24, 2.45) is 17.8 Å². The number of fused-ring (bicyclic) bond motifs is 2. The highest BCUT2D eigenvalue weighted by atomic mass is 16.6. The zero-order valence-electron chi connectivity index (χ0n) is 26.9. The van der Waals surface area contributed by atoms with Crippen molar-refractivity contribution in [1.82, 2.24) is 15.1 Å². The Bertz CT molecular complexity index is 1360. The molecular weight excluding hydrogens is 586 g/mol. The normalized spacial score (nSPS) is 33.7. The number of cyclic esters (lactones) is 1. The smallest absolute Gasteiger partial charge is 0.313 e. The number of carbonyl (C=O) groups is 4. The highest BCUT2D eigenvalue weighted by Gasteiger charge is 2.72. The molecule has 0 radical (unpaired) electrons. The number of carbonyl (C=O) groups excluding carboxylic acids is 4. The number of amides is 3. The second-order valence-corrected chi connectivity index (χ2v) is 13.8. The summed E-state index contributed by atoms with van der Waals surface area (Å²) in [7, 11) is 0. The first-order chi connectivity index (χ1) is 22.2. The first-order valence-electron chi connectivity index (χ1n) is 17.0. The molecule has 0 aromatic heterocycles. The highest BCUT2D eigenvalue weighted by molar-refractivity contribution is 5.99. The van der Waals surface area contributed by atoms with Crippen LogP contribution in [0.15, 0.2) is 54.6 Å². The number of hydrogen-bond acceptors (Lipinski definition) is 7. The van der Waals surface area contributed by atoms with Crippen LogP contribution in [-0.2, 0) is 28.7 Å². The second-order valence-electron chi connectivity index (χ2n) is 13.8. The monoisotopic (exact) mass is 633 g/mol. The first kappa shape index (κ1) is 32.4. The van der Waals surface area contributed by atoms with Gasteiger partial charge in [0.25, 0.3) is 0 Å². The van der Waals surface area contributed by atoms with Crippen molar-refractivity contribution in [2.75, 3.05) is 19.7 Å². The van der Waals surface area contributed by atoms with Crippen LogP contribution < -0.4 is 5.32 Å². The zero-order valence-corrected chi connectivity index (χ0v) is 26.9. The number of ether oxygens (including phenoxy) is 2. The summed E-state index contributed by atoms with van der Waals surface area (Å²) in [4.78, 5) is 59.9. The van der Waals surface area contributed by atoms with Crippen molar-refractivity contribution in [3.63, 3.8) is 0 Å². The Kier molecular flexibility index (Phi) is 9.66. The fourth-order valence-corrected chi connectivity index (χ4v) is 8.30. The molecule has 0 unspecified atom stereocenters. The van der Waals surface area contributed by atoms with Crippen molar-refractivity contribution in [3.8, 4) is 0 Å². The van der Waals surface area contributed by atoms with E-state index in [-0.39, 0.29) is 49.3 Å². The van der Waals surface area contributed by atoms with Crippen molar-refractivity contribution in [3.05, 3.63) is 60.2 Å². The predicted octanol–water partition coefficient (Wildman–Crippen LogP) is 3.46. The molecule has 10 heteroatoms. The zero-order chi connectivity index (χ0) is 32.4. The number of nitrogens with zero attached hydrogens (tertiary/aromatic N) is 2. The van der Waals surface area contributed by atoms with Gasteiger partial charge in [-0.2, -0.15) is 0 Å². The summed E-state index contributed by atoms with van der Waals surface area (Å²) < 4.78 is 13.0. The summed E-state index contributed by atoms with van der Waals surface area (Å²) in [6.07, 6.45) is 11.9. The van der Waals surface area contributed by atoms with Crippen LogP contribution in [0.5, 0.6) is 0 Å². The van der Waals surface area contributed by atoms with Crippen molar-refractivity contribution >= 4 is 23.7 Å². The summed E-state index contributed by atoms with van der Waals surface area (Å²) >= 11 is 0. The maximum absolute atomic E-state index is 14.8. The van der Waals surface area contributed by atoms with E-state index in [1.54, 1.807) is 11.0 Å². The second kappa shape index (κ2) is 13.7. The highest BCUT2D eigenvalue weighted by Crippen LogP contribution is 2.54. The lowest BCUT2D eigenvalue weighted by Crippen LogP contribution is -2.59. The molecule has 2 N–H and O–H groups in total. The average molecular weight is 634 g/mol. The van der Waals surface area contributed by atoms with Gasteiger partial charge in [0.15, 0.2) is 0 Å². The minimum absolute atomic E-state index is 0.0610. The Labute approximate surface area is 271 Å². The fraction of sp³-hybridized carbons (Fsp3) is 0.611. The van der Waals surface area contributed by atoms with Gasteiger partial charge in [0.1, 0.15) is 23.7 Å². The van der Waals surface area contributed by atoms with Gasteiger partial charge in [0, 0.05) is 19.0 Å². The Morgan fingerprint density at radius 1 is 1.02 bits per heavy atom. The molecule has 3 fully saturated rings. The van der Waals surface area contributed by atoms with E-state index >= 15 is 0 Å². The number of nitrogens with one attached hydrogen (secondary N) is 1. The minimum Gasteiger partial charge on any atom is -0.455 e. The van der Waals surface area contributed by atoms with Gasteiger partial charge >= 0.3 is 5.97 Å². The molecule has 10 nitrogen and oxygen atoms in total. The molecule has 3 amide bonds. The number of rotatable bonds is 6. The number of aliphatic hydroxyl groups is 1. The number of benzene rings is 1. The average Bonchev–Trinajstić information content (AvgIpc) is 3.44. The molecule has 7 atom stereocenters. The van der Waals surface area contributed by atoms with E-state index in [1.165, 1.54) is 0 Å². The molecular formula is C36H47N3O7. The van der Waals surface area contributed by atoms with Crippen LogP contribution in [0.2, 0.25) is 0 Å².